The van der Waals surface area contributed by atoms with Gasteiger partial charge in [0.25, 0.3) is 0 Å². The van der Waals surface area contributed by atoms with Crippen molar-refractivity contribution in [1.82, 2.24) is 20.0 Å². The van der Waals surface area contributed by atoms with Gasteiger partial charge in [-0.1, -0.05) is 12.1 Å². The van der Waals surface area contributed by atoms with Crippen LogP contribution in [0.5, 0.6) is 0 Å². The molecular formula is C23H29FN4O4. The van der Waals surface area contributed by atoms with Crippen LogP contribution in [0.3, 0.4) is 0 Å². The number of carbonyl (C=O) groups is 3. The number of benzene rings is 1. The molecule has 0 aromatic heterocycles. The van der Waals surface area contributed by atoms with Gasteiger partial charge in [0.2, 0.25) is 5.91 Å². The van der Waals surface area contributed by atoms with E-state index in [1.54, 1.807) is 26.1 Å². The molecule has 0 radical (unpaired) electrons. The molecule has 1 saturated carbocycles. The molecule has 0 bridgehead atoms. The van der Waals surface area contributed by atoms with Crippen molar-refractivity contribution in [2.45, 2.75) is 25.8 Å². The van der Waals surface area contributed by atoms with E-state index in [1.165, 1.54) is 17.0 Å². The summed E-state index contributed by atoms with van der Waals surface area (Å²) in [6.07, 6.45) is 1.96. The zero-order chi connectivity index (χ0) is 22.8. The minimum absolute atomic E-state index is 0.186. The molecule has 4 rings (SSSR count). The quantitative estimate of drug-likeness (QED) is 0.678. The molecule has 172 valence electrons. The molecule has 0 unspecified atom stereocenters. The summed E-state index contributed by atoms with van der Waals surface area (Å²) in [6, 6.07) is 4.69. The molecule has 1 aromatic carbocycles. The fourth-order valence-electron chi connectivity index (χ4n) is 4.26. The molecule has 1 aromatic rings. The van der Waals surface area contributed by atoms with Crippen molar-refractivity contribution in [3.63, 3.8) is 0 Å². The van der Waals surface area contributed by atoms with Crippen LogP contribution in [0.15, 0.2) is 35.5 Å². The van der Waals surface area contributed by atoms with Crippen LogP contribution in [-0.4, -0.2) is 79.0 Å². The molecule has 1 saturated heterocycles. The van der Waals surface area contributed by atoms with Crippen molar-refractivity contribution in [1.29, 1.82) is 0 Å². The Labute approximate surface area is 187 Å². The van der Waals surface area contributed by atoms with Gasteiger partial charge in [0.05, 0.1) is 18.2 Å². The standard InChI is InChI=1S/C23H29FN4O4/c1-3-32-22(30)19-18(14-27-9-11-28(12-10-27)21(29)15-7-8-15)26(2)23(31)25-20(19)16-5-4-6-17(24)13-16/h4-6,13,15,20H,3,7-12,14H2,1-2H3,(H,25,31)/t20-/m0/s1. The van der Waals surface area contributed by atoms with Crippen LogP contribution < -0.4 is 5.32 Å². The van der Waals surface area contributed by atoms with Crippen molar-refractivity contribution in [3.05, 3.63) is 46.9 Å². The third kappa shape index (κ3) is 4.62. The largest absolute Gasteiger partial charge is 0.463 e. The van der Waals surface area contributed by atoms with Crippen LogP contribution in [-0.2, 0) is 14.3 Å². The molecule has 3 amide bonds. The maximum Gasteiger partial charge on any atom is 0.338 e. The van der Waals surface area contributed by atoms with Crippen molar-refractivity contribution in [2.24, 2.45) is 5.92 Å². The Balaban J connectivity index is 1.60. The predicted octanol–water partition coefficient (Wildman–Crippen LogP) is 1.89. The lowest BCUT2D eigenvalue weighted by Gasteiger charge is -2.39. The molecule has 9 heteroatoms. The molecule has 8 nitrogen and oxygen atoms in total. The molecule has 1 atom stereocenters. The lowest BCUT2D eigenvalue weighted by atomic mass is 9.94. The van der Waals surface area contributed by atoms with Crippen LogP contribution in [0.4, 0.5) is 9.18 Å². The van der Waals surface area contributed by atoms with Crippen molar-refractivity contribution in [2.75, 3.05) is 46.4 Å². The molecule has 3 aliphatic rings. The summed E-state index contributed by atoms with van der Waals surface area (Å²) in [5, 5.41) is 2.80. The Morgan fingerprint density at radius 2 is 1.91 bits per heavy atom. The molecule has 1 N–H and O–H groups in total. The number of amides is 3. The van der Waals surface area contributed by atoms with E-state index in [4.69, 9.17) is 4.74 Å². The van der Waals surface area contributed by atoms with E-state index in [9.17, 15) is 18.8 Å². The maximum atomic E-state index is 13.9. The first-order chi connectivity index (χ1) is 15.4. The summed E-state index contributed by atoms with van der Waals surface area (Å²) in [4.78, 5) is 43.5. The number of ether oxygens (including phenoxy) is 1. The van der Waals surface area contributed by atoms with Gasteiger partial charge in [0, 0.05) is 51.4 Å². The maximum absolute atomic E-state index is 13.9. The summed E-state index contributed by atoms with van der Waals surface area (Å²) in [7, 11) is 1.61. The number of nitrogens with one attached hydrogen (secondary N) is 1. The number of rotatable bonds is 6. The highest BCUT2D eigenvalue weighted by atomic mass is 19.1. The summed E-state index contributed by atoms with van der Waals surface area (Å²) >= 11 is 0. The fourth-order valence-corrected chi connectivity index (χ4v) is 4.26. The number of urea groups is 1. The third-order valence-electron chi connectivity index (χ3n) is 6.24. The lowest BCUT2D eigenvalue weighted by Crippen LogP contribution is -2.53. The molecule has 0 spiro atoms. The number of carbonyl (C=O) groups excluding carboxylic acids is 3. The molecule has 2 aliphatic heterocycles. The average molecular weight is 445 g/mol. The van der Waals surface area contributed by atoms with Gasteiger partial charge in [-0.3, -0.25) is 14.6 Å². The van der Waals surface area contributed by atoms with Gasteiger partial charge in [-0.05, 0) is 37.5 Å². The van der Waals surface area contributed by atoms with Crippen molar-refractivity contribution >= 4 is 17.9 Å². The van der Waals surface area contributed by atoms with Gasteiger partial charge in [-0.2, -0.15) is 0 Å². The van der Waals surface area contributed by atoms with Gasteiger partial charge in [-0.25, -0.2) is 14.0 Å². The Hall–Kier alpha value is -2.94. The molecule has 2 heterocycles. The zero-order valence-electron chi connectivity index (χ0n) is 18.5. The van der Waals surface area contributed by atoms with E-state index in [2.05, 4.69) is 10.2 Å². The summed E-state index contributed by atoms with van der Waals surface area (Å²) < 4.78 is 19.2. The number of esters is 1. The Morgan fingerprint density at radius 1 is 1.19 bits per heavy atom. The van der Waals surface area contributed by atoms with E-state index in [0.29, 0.717) is 49.6 Å². The number of piperazine rings is 1. The van der Waals surface area contributed by atoms with Gasteiger partial charge in [0.1, 0.15) is 5.82 Å². The van der Waals surface area contributed by atoms with Crippen molar-refractivity contribution < 1.29 is 23.5 Å². The highest BCUT2D eigenvalue weighted by Gasteiger charge is 2.39. The van der Waals surface area contributed by atoms with Crippen LogP contribution in [0.1, 0.15) is 31.4 Å². The second-order valence-electron chi connectivity index (χ2n) is 8.45. The van der Waals surface area contributed by atoms with Crippen molar-refractivity contribution in [3.8, 4) is 0 Å². The molecule has 1 aliphatic carbocycles. The Kier molecular flexibility index (Phi) is 6.45. The monoisotopic (exact) mass is 444 g/mol. The number of nitrogens with zero attached hydrogens (tertiary/aromatic N) is 3. The Morgan fingerprint density at radius 3 is 2.53 bits per heavy atom. The number of halogens is 1. The minimum atomic E-state index is -0.804. The van der Waals surface area contributed by atoms with Gasteiger partial charge in [0.15, 0.2) is 0 Å². The number of likely N-dealkylation sites (N-methyl/N-ethyl adjacent to an activating group) is 1. The van der Waals surface area contributed by atoms with E-state index in [1.807, 2.05) is 4.90 Å². The second kappa shape index (κ2) is 9.28. The van der Waals surface area contributed by atoms with Crippen LogP contribution in [0.25, 0.3) is 0 Å². The fraction of sp³-hybridized carbons (Fsp3) is 0.522. The number of hydrogen-bond acceptors (Lipinski definition) is 5. The SMILES string of the molecule is CCOC(=O)C1=C(CN2CCN(C(=O)C3CC3)CC2)N(C)C(=O)N[C@H]1c1cccc(F)c1. The van der Waals surface area contributed by atoms with Gasteiger partial charge in [-0.15, -0.1) is 0 Å². The first-order valence-corrected chi connectivity index (χ1v) is 11.1. The second-order valence-corrected chi connectivity index (χ2v) is 8.45. The molecule has 32 heavy (non-hydrogen) atoms. The topological polar surface area (TPSA) is 82.2 Å². The van der Waals surface area contributed by atoms with E-state index in [-0.39, 0.29) is 24.5 Å². The number of hydrogen-bond donors (Lipinski definition) is 1. The summed E-state index contributed by atoms with van der Waals surface area (Å²) in [6.45, 7) is 4.81. The lowest BCUT2D eigenvalue weighted by molar-refractivity contribution is -0.139. The van der Waals surface area contributed by atoms with E-state index >= 15 is 0 Å². The predicted molar refractivity (Wildman–Crippen MR) is 115 cm³/mol. The highest BCUT2D eigenvalue weighted by Crippen LogP contribution is 2.33. The normalized spacial score (nSPS) is 22.1. The Bertz CT molecular complexity index is 938. The summed E-state index contributed by atoms with van der Waals surface area (Å²) in [5.41, 5.74) is 1.31. The third-order valence-corrected chi connectivity index (χ3v) is 6.24. The van der Waals surface area contributed by atoms with Crippen LogP contribution in [0.2, 0.25) is 0 Å². The van der Waals surface area contributed by atoms with Crippen LogP contribution in [0, 0.1) is 11.7 Å². The molecule has 2 fully saturated rings. The van der Waals surface area contributed by atoms with E-state index in [0.717, 1.165) is 12.8 Å². The first-order valence-electron chi connectivity index (χ1n) is 11.1. The summed E-state index contributed by atoms with van der Waals surface area (Å²) in [5.74, 6) is -0.556. The highest BCUT2D eigenvalue weighted by molar-refractivity contribution is 5.95. The molecular weight excluding hydrogens is 415 g/mol. The average Bonchev–Trinajstić information content (AvgIpc) is 3.62. The zero-order valence-corrected chi connectivity index (χ0v) is 18.5. The van der Waals surface area contributed by atoms with Crippen LogP contribution >= 0.6 is 0 Å². The van der Waals surface area contributed by atoms with Gasteiger partial charge >= 0.3 is 12.0 Å². The van der Waals surface area contributed by atoms with Gasteiger partial charge < -0.3 is 15.0 Å². The first kappa shape index (κ1) is 22.3. The minimum Gasteiger partial charge on any atom is -0.463 e. The van der Waals surface area contributed by atoms with E-state index < -0.39 is 17.8 Å². The smallest absolute Gasteiger partial charge is 0.338 e.